The quantitative estimate of drug-likeness (QED) is 0.868. The lowest BCUT2D eigenvalue weighted by molar-refractivity contribution is 0.0164. The molecule has 1 aliphatic heterocycles. The average molecular weight is 279 g/mol. The first-order valence-corrected chi connectivity index (χ1v) is 6.68. The molecule has 0 bridgehead atoms. The summed E-state index contributed by atoms with van der Waals surface area (Å²) in [4.78, 5) is 13.8. The van der Waals surface area contributed by atoms with E-state index in [9.17, 15) is 4.79 Å². The van der Waals surface area contributed by atoms with Gasteiger partial charge in [0.15, 0.2) is 0 Å². The SMILES string of the molecule is COc1ccccc1NC(=O)N(C)CC1CNCCO1. The van der Waals surface area contributed by atoms with Gasteiger partial charge in [-0.1, -0.05) is 12.1 Å². The molecule has 1 aromatic carbocycles. The van der Waals surface area contributed by atoms with Gasteiger partial charge < -0.3 is 25.0 Å². The van der Waals surface area contributed by atoms with Crippen LogP contribution in [0.4, 0.5) is 10.5 Å². The van der Waals surface area contributed by atoms with Gasteiger partial charge in [-0.3, -0.25) is 0 Å². The summed E-state index contributed by atoms with van der Waals surface area (Å²) in [6.07, 6.45) is 0.0390. The van der Waals surface area contributed by atoms with Crippen LogP contribution in [0, 0.1) is 0 Å². The zero-order valence-electron chi connectivity index (χ0n) is 11.9. The predicted octanol–water partition coefficient (Wildman–Crippen LogP) is 1.15. The summed E-state index contributed by atoms with van der Waals surface area (Å²) in [5.74, 6) is 0.643. The third-order valence-electron chi connectivity index (χ3n) is 3.18. The lowest BCUT2D eigenvalue weighted by Gasteiger charge is -2.28. The Labute approximate surface area is 119 Å². The number of anilines is 1. The highest BCUT2D eigenvalue weighted by molar-refractivity contribution is 5.90. The first-order valence-electron chi connectivity index (χ1n) is 6.68. The molecule has 110 valence electrons. The lowest BCUT2D eigenvalue weighted by Crippen LogP contribution is -2.46. The van der Waals surface area contributed by atoms with E-state index in [2.05, 4.69) is 10.6 Å². The number of morpholine rings is 1. The van der Waals surface area contributed by atoms with Gasteiger partial charge >= 0.3 is 6.03 Å². The van der Waals surface area contributed by atoms with Gasteiger partial charge in [-0.15, -0.1) is 0 Å². The number of nitrogens with one attached hydrogen (secondary N) is 2. The van der Waals surface area contributed by atoms with Crippen molar-refractivity contribution >= 4 is 11.7 Å². The maximum atomic E-state index is 12.1. The number of carbonyl (C=O) groups is 1. The number of carbonyl (C=O) groups excluding carboxylic acids is 1. The molecular formula is C14H21N3O3. The number of hydrogen-bond donors (Lipinski definition) is 2. The summed E-state index contributed by atoms with van der Waals surface area (Å²) in [5, 5.41) is 6.08. The van der Waals surface area contributed by atoms with Crippen molar-refractivity contribution in [1.29, 1.82) is 0 Å². The molecule has 2 rings (SSSR count). The molecule has 1 heterocycles. The largest absolute Gasteiger partial charge is 0.495 e. The highest BCUT2D eigenvalue weighted by Gasteiger charge is 2.19. The van der Waals surface area contributed by atoms with Gasteiger partial charge in [0.25, 0.3) is 0 Å². The van der Waals surface area contributed by atoms with E-state index < -0.39 is 0 Å². The predicted molar refractivity (Wildman–Crippen MR) is 77.3 cm³/mol. The summed E-state index contributed by atoms with van der Waals surface area (Å²) < 4.78 is 10.8. The Morgan fingerprint density at radius 3 is 3.05 bits per heavy atom. The molecule has 20 heavy (non-hydrogen) atoms. The number of nitrogens with zero attached hydrogens (tertiary/aromatic N) is 1. The second kappa shape index (κ2) is 7.12. The number of ether oxygens (including phenoxy) is 2. The van der Waals surface area contributed by atoms with Gasteiger partial charge in [-0.2, -0.15) is 0 Å². The van der Waals surface area contributed by atoms with Crippen molar-refractivity contribution in [2.45, 2.75) is 6.10 Å². The number of para-hydroxylation sites is 2. The van der Waals surface area contributed by atoms with Crippen molar-refractivity contribution in [2.24, 2.45) is 0 Å². The second-order valence-electron chi connectivity index (χ2n) is 4.71. The van der Waals surface area contributed by atoms with Crippen LogP contribution >= 0.6 is 0 Å². The average Bonchev–Trinajstić information content (AvgIpc) is 2.48. The Morgan fingerprint density at radius 2 is 2.35 bits per heavy atom. The van der Waals surface area contributed by atoms with Gasteiger partial charge in [-0.05, 0) is 12.1 Å². The van der Waals surface area contributed by atoms with Crippen molar-refractivity contribution in [3.8, 4) is 5.75 Å². The molecule has 6 heteroatoms. The van der Waals surface area contributed by atoms with Crippen LogP contribution < -0.4 is 15.4 Å². The fourth-order valence-electron chi connectivity index (χ4n) is 2.08. The van der Waals surface area contributed by atoms with Crippen molar-refractivity contribution in [1.82, 2.24) is 10.2 Å². The van der Waals surface area contributed by atoms with E-state index in [1.165, 1.54) is 0 Å². The first kappa shape index (κ1) is 14.6. The lowest BCUT2D eigenvalue weighted by atomic mass is 10.3. The molecule has 1 atom stereocenters. The maximum Gasteiger partial charge on any atom is 0.321 e. The number of likely N-dealkylation sites (N-methyl/N-ethyl adjacent to an activating group) is 1. The molecular weight excluding hydrogens is 258 g/mol. The Balaban J connectivity index is 1.90. The number of urea groups is 1. The van der Waals surface area contributed by atoms with E-state index in [-0.39, 0.29) is 12.1 Å². The van der Waals surface area contributed by atoms with Gasteiger partial charge in [0.05, 0.1) is 25.5 Å². The Kier molecular flexibility index (Phi) is 5.20. The fourth-order valence-corrected chi connectivity index (χ4v) is 2.08. The van der Waals surface area contributed by atoms with Crippen LogP contribution in [0.5, 0.6) is 5.75 Å². The Bertz CT molecular complexity index is 447. The third-order valence-corrected chi connectivity index (χ3v) is 3.18. The normalized spacial score (nSPS) is 18.4. The molecule has 1 aliphatic rings. The smallest absolute Gasteiger partial charge is 0.321 e. The molecule has 0 radical (unpaired) electrons. The van der Waals surface area contributed by atoms with Crippen molar-refractivity contribution in [3.05, 3.63) is 24.3 Å². The van der Waals surface area contributed by atoms with Crippen molar-refractivity contribution < 1.29 is 14.3 Å². The molecule has 1 aromatic rings. The first-order chi connectivity index (χ1) is 9.70. The second-order valence-corrected chi connectivity index (χ2v) is 4.71. The topological polar surface area (TPSA) is 62.8 Å². The van der Waals surface area contributed by atoms with E-state index in [0.717, 1.165) is 13.1 Å². The molecule has 1 unspecified atom stereocenters. The van der Waals surface area contributed by atoms with Gasteiger partial charge in [-0.25, -0.2) is 4.79 Å². The zero-order valence-corrected chi connectivity index (χ0v) is 11.9. The summed E-state index contributed by atoms with van der Waals surface area (Å²) in [7, 11) is 3.33. The summed E-state index contributed by atoms with van der Waals surface area (Å²) in [6.45, 7) is 2.88. The number of rotatable bonds is 4. The summed E-state index contributed by atoms with van der Waals surface area (Å²) in [6, 6.07) is 7.16. The molecule has 1 fully saturated rings. The molecule has 1 saturated heterocycles. The molecule has 0 aliphatic carbocycles. The van der Waals surface area contributed by atoms with Crippen LogP contribution in [0.15, 0.2) is 24.3 Å². The van der Waals surface area contributed by atoms with Gasteiger partial charge in [0.1, 0.15) is 5.75 Å². The van der Waals surface area contributed by atoms with E-state index in [4.69, 9.17) is 9.47 Å². The van der Waals surface area contributed by atoms with Crippen LogP contribution in [0.25, 0.3) is 0 Å². The number of hydrogen-bond acceptors (Lipinski definition) is 4. The fraction of sp³-hybridized carbons (Fsp3) is 0.500. The van der Waals surface area contributed by atoms with Crippen LogP contribution in [0.2, 0.25) is 0 Å². The minimum atomic E-state index is -0.177. The Morgan fingerprint density at radius 1 is 1.55 bits per heavy atom. The van der Waals surface area contributed by atoms with E-state index in [0.29, 0.717) is 24.6 Å². The van der Waals surface area contributed by atoms with Crippen LogP contribution in [0.1, 0.15) is 0 Å². The molecule has 2 amide bonds. The molecule has 6 nitrogen and oxygen atoms in total. The minimum Gasteiger partial charge on any atom is -0.495 e. The van der Waals surface area contributed by atoms with Crippen molar-refractivity contribution in [2.75, 3.05) is 45.7 Å². The standard InChI is InChI=1S/C14H21N3O3/c1-17(10-11-9-15-7-8-20-11)14(18)16-12-5-3-4-6-13(12)19-2/h3-6,11,15H,7-10H2,1-2H3,(H,16,18). The highest BCUT2D eigenvalue weighted by Crippen LogP contribution is 2.23. The zero-order chi connectivity index (χ0) is 14.4. The number of benzene rings is 1. The van der Waals surface area contributed by atoms with Crippen LogP contribution in [-0.4, -0.2) is 57.4 Å². The van der Waals surface area contributed by atoms with E-state index in [1.807, 2.05) is 24.3 Å². The van der Waals surface area contributed by atoms with E-state index in [1.54, 1.807) is 19.1 Å². The molecule has 0 aromatic heterocycles. The van der Waals surface area contributed by atoms with Gasteiger partial charge in [0.2, 0.25) is 0 Å². The monoisotopic (exact) mass is 279 g/mol. The van der Waals surface area contributed by atoms with Crippen LogP contribution in [0.3, 0.4) is 0 Å². The summed E-state index contributed by atoms with van der Waals surface area (Å²) >= 11 is 0. The maximum absolute atomic E-state index is 12.1. The third kappa shape index (κ3) is 3.85. The number of amides is 2. The van der Waals surface area contributed by atoms with Crippen LogP contribution in [-0.2, 0) is 4.74 Å². The number of methoxy groups -OCH3 is 1. The molecule has 0 spiro atoms. The molecule has 2 N–H and O–H groups in total. The van der Waals surface area contributed by atoms with Crippen molar-refractivity contribution in [3.63, 3.8) is 0 Å². The van der Waals surface area contributed by atoms with E-state index >= 15 is 0 Å². The molecule has 0 saturated carbocycles. The highest BCUT2D eigenvalue weighted by atomic mass is 16.5. The summed E-state index contributed by atoms with van der Waals surface area (Å²) in [5.41, 5.74) is 0.662. The minimum absolute atomic E-state index is 0.0390. The van der Waals surface area contributed by atoms with Gasteiger partial charge in [0, 0.05) is 26.7 Å². The Hall–Kier alpha value is -1.79.